The molecule has 0 aliphatic heterocycles. The maximum atomic E-state index is 14.1. The summed E-state index contributed by atoms with van der Waals surface area (Å²) in [5.74, 6) is 3.17. The van der Waals surface area contributed by atoms with Gasteiger partial charge in [-0.3, -0.25) is 4.98 Å². The Balaban J connectivity index is 1.25. The van der Waals surface area contributed by atoms with Crippen LogP contribution in [0, 0.1) is 29.5 Å². The fourth-order valence-corrected chi connectivity index (χ4v) is 7.08. The van der Waals surface area contributed by atoms with Crippen molar-refractivity contribution in [3.05, 3.63) is 53.1 Å². The number of hydrogen-bond acceptors (Lipinski definition) is 4. The van der Waals surface area contributed by atoms with Crippen molar-refractivity contribution in [3.63, 3.8) is 0 Å². The molecular weight excluding hydrogens is 473 g/mol. The first-order valence-electron chi connectivity index (χ1n) is 13.8. The fourth-order valence-electron chi connectivity index (χ4n) is 6.35. The molecule has 0 amide bonds. The Bertz CT molecular complexity index is 1150. The van der Waals surface area contributed by atoms with Crippen LogP contribution in [0.2, 0.25) is 0 Å². The van der Waals surface area contributed by atoms with Crippen molar-refractivity contribution in [2.75, 3.05) is 12.9 Å². The molecule has 2 aliphatic rings. The van der Waals surface area contributed by atoms with Gasteiger partial charge in [-0.2, -0.15) is 0 Å². The number of rotatable bonds is 10. The van der Waals surface area contributed by atoms with Crippen LogP contribution in [-0.4, -0.2) is 26.3 Å². The second-order valence-electron chi connectivity index (χ2n) is 11.1. The van der Waals surface area contributed by atoms with Crippen molar-refractivity contribution in [3.8, 4) is 5.75 Å². The summed E-state index contributed by atoms with van der Waals surface area (Å²) in [5, 5.41) is 0. The van der Waals surface area contributed by atoms with E-state index in [2.05, 4.69) is 33.0 Å². The van der Waals surface area contributed by atoms with E-state index in [4.69, 9.17) is 9.72 Å². The van der Waals surface area contributed by atoms with Gasteiger partial charge in [0.05, 0.1) is 6.61 Å². The lowest BCUT2D eigenvalue weighted by molar-refractivity contribution is 0.286. The lowest BCUT2D eigenvalue weighted by atomic mass is 9.82. The average Bonchev–Trinajstić information content (AvgIpc) is 3.65. The molecule has 0 saturated heterocycles. The Kier molecular flexibility index (Phi) is 8.75. The van der Waals surface area contributed by atoms with Crippen LogP contribution in [-0.2, 0) is 22.7 Å². The minimum Gasteiger partial charge on any atom is -0.493 e. The normalized spacial score (nSPS) is 25.2. The maximum Gasteiger partial charge on any atom is 0.178 e. The first-order chi connectivity index (χ1) is 17.2. The van der Waals surface area contributed by atoms with Crippen molar-refractivity contribution < 1.29 is 17.5 Å². The Morgan fingerprint density at radius 2 is 1.92 bits per heavy atom. The van der Waals surface area contributed by atoms with Crippen LogP contribution in [0.3, 0.4) is 0 Å². The average molecular weight is 516 g/mol. The molecule has 5 unspecified atom stereocenters. The van der Waals surface area contributed by atoms with Gasteiger partial charge in [-0.1, -0.05) is 39.7 Å². The van der Waals surface area contributed by atoms with Gasteiger partial charge in [0.25, 0.3) is 0 Å². The fraction of sp³-hybridized carbons (Fsp3) is 0.633. The SMILES string of the molecule is CCc1cnc(C(C)C2CCCC(C3CC3CCOc3ccc(S(C)(=O)=O)c(F)c3)CC2)c(CC)c1. The molecule has 6 heteroatoms. The van der Waals surface area contributed by atoms with Gasteiger partial charge in [0.1, 0.15) is 16.5 Å². The quantitative estimate of drug-likeness (QED) is 0.315. The van der Waals surface area contributed by atoms with Crippen LogP contribution in [0.15, 0.2) is 35.4 Å². The molecule has 198 valence electrons. The lowest BCUT2D eigenvalue weighted by Gasteiger charge is -2.24. The highest BCUT2D eigenvalue weighted by atomic mass is 32.2. The number of ether oxygens (including phenoxy) is 1. The van der Waals surface area contributed by atoms with Crippen LogP contribution in [0.25, 0.3) is 0 Å². The summed E-state index contributed by atoms with van der Waals surface area (Å²) in [7, 11) is -3.56. The monoisotopic (exact) mass is 515 g/mol. The van der Waals surface area contributed by atoms with Crippen LogP contribution in [0.1, 0.15) is 88.5 Å². The summed E-state index contributed by atoms with van der Waals surface area (Å²) in [6.45, 7) is 7.37. The third-order valence-corrected chi connectivity index (χ3v) is 9.82. The summed E-state index contributed by atoms with van der Waals surface area (Å²) in [4.78, 5) is 4.64. The lowest BCUT2D eigenvalue weighted by Crippen LogP contribution is -2.14. The summed E-state index contributed by atoms with van der Waals surface area (Å²) >= 11 is 0. The van der Waals surface area contributed by atoms with E-state index in [1.165, 1.54) is 67.5 Å². The molecule has 0 N–H and O–H groups in total. The van der Waals surface area contributed by atoms with Gasteiger partial charge in [-0.15, -0.1) is 0 Å². The third-order valence-electron chi connectivity index (χ3n) is 8.69. The number of pyridine rings is 1. The number of nitrogens with zero attached hydrogens (tertiary/aromatic N) is 1. The van der Waals surface area contributed by atoms with Crippen LogP contribution in [0.5, 0.6) is 5.75 Å². The first kappa shape index (κ1) is 27.1. The summed E-state index contributed by atoms with van der Waals surface area (Å²) < 4.78 is 43.0. The van der Waals surface area contributed by atoms with E-state index in [0.29, 0.717) is 30.1 Å². The Labute approximate surface area is 217 Å². The Morgan fingerprint density at radius 3 is 2.61 bits per heavy atom. The van der Waals surface area contributed by atoms with E-state index < -0.39 is 15.7 Å². The largest absolute Gasteiger partial charge is 0.493 e. The molecule has 1 aromatic carbocycles. The van der Waals surface area contributed by atoms with Gasteiger partial charge >= 0.3 is 0 Å². The van der Waals surface area contributed by atoms with Crippen LogP contribution < -0.4 is 4.74 Å². The van der Waals surface area contributed by atoms with Gasteiger partial charge in [0, 0.05) is 30.1 Å². The minimum atomic E-state index is -3.56. The molecule has 2 fully saturated rings. The molecule has 0 bridgehead atoms. The predicted molar refractivity (Wildman–Crippen MR) is 143 cm³/mol. The zero-order chi connectivity index (χ0) is 25.9. The number of sulfone groups is 1. The highest BCUT2D eigenvalue weighted by Crippen LogP contribution is 2.51. The Morgan fingerprint density at radius 1 is 1.11 bits per heavy atom. The molecule has 5 atom stereocenters. The molecule has 1 aromatic heterocycles. The van der Waals surface area contributed by atoms with E-state index in [-0.39, 0.29) is 4.90 Å². The van der Waals surface area contributed by atoms with E-state index in [0.717, 1.165) is 37.4 Å². The number of hydrogen-bond donors (Lipinski definition) is 0. The van der Waals surface area contributed by atoms with Gasteiger partial charge in [-0.05, 0) is 91.9 Å². The molecule has 1 heterocycles. The van der Waals surface area contributed by atoms with Crippen LogP contribution in [0.4, 0.5) is 4.39 Å². The maximum absolute atomic E-state index is 14.1. The summed E-state index contributed by atoms with van der Waals surface area (Å²) in [6, 6.07) is 6.39. The zero-order valence-electron chi connectivity index (χ0n) is 22.3. The van der Waals surface area contributed by atoms with Crippen molar-refractivity contribution in [2.45, 2.75) is 89.4 Å². The molecular formula is C30H42FNO3S. The predicted octanol–water partition coefficient (Wildman–Crippen LogP) is 7.15. The number of aromatic nitrogens is 1. The van der Waals surface area contributed by atoms with Crippen molar-refractivity contribution in [1.29, 1.82) is 0 Å². The van der Waals surface area contributed by atoms with Gasteiger partial charge in [0.2, 0.25) is 0 Å². The topological polar surface area (TPSA) is 56.3 Å². The highest BCUT2D eigenvalue weighted by Gasteiger charge is 2.43. The van der Waals surface area contributed by atoms with E-state index >= 15 is 0 Å². The Hall–Kier alpha value is -1.95. The zero-order valence-corrected chi connectivity index (χ0v) is 23.1. The second kappa shape index (κ2) is 11.6. The minimum absolute atomic E-state index is 0.280. The van der Waals surface area contributed by atoms with Crippen molar-refractivity contribution in [2.24, 2.45) is 23.7 Å². The molecule has 2 saturated carbocycles. The van der Waals surface area contributed by atoms with Gasteiger partial charge in [0.15, 0.2) is 9.84 Å². The molecule has 36 heavy (non-hydrogen) atoms. The first-order valence-corrected chi connectivity index (χ1v) is 15.7. The van der Waals surface area contributed by atoms with Gasteiger partial charge < -0.3 is 4.74 Å². The number of halogens is 1. The highest BCUT2D eigenvalue weighted by molar-refractivity contribution is 7.90. The smallest absolute Gasteiger partial charge is 0.178 e. The van der Waals surface area contributed by atoms with E-state index in [1.54, 1.807) is 6.07 Å². The number of aryl methyl sites for hydroxylation is 2. The van der Waals surface area contributed by atoms with E-state index in [9.17, 15) is 12.8 Å². The molecule has 0 radical (unpaired) electrons. The standard InChI is InChI=1S/C30H42FNO3S/c1-5-21-16-22(6-2)30(32-19-21)20(3)23-8-7-9-24(11-10-23)27-17-25(27)14-15-35-26-12-13-29(28(31)18-26)36(4,33)34/h12-13,16,18-20,23-25,27H,5-11,14-15,17H2,1-4H3. The van der Waals surface area contributed by atoms with Crippen molar-refractivity contribution in [1.82, 2.24) is 4.98 Å². The molecule has 2 aliphatic carbocycles. The van der Waals surface area contributed by atoms with Crippen molar-refractivity contribution >= 4 is 9.84 Å². The molecule has 4 nitrogen and oxygen atoms in total. The molecule has 0 spiro atoms. The van der Waals surface area contributed by atoms with E-state index in [1.807, 2.05) is 0 Å². The number of benzene rings is 1. The van der Waals surface area contributed by atoms with Crippen LogP contribution >= 0.6 is 0 Å². The molecule has 2 aromatic rings. The second-order valence-corrected chi connectivity index (χ2v) is 13.1. The summed E-state index contributed by atoms with van der Waals surface area (Å²) in [6.07, 6.45) is 14.0. The molecule has 4 rings (SSSR count). The summed E-state index contributed by atoms with van der Waals surface area (Å²) in [5.41, 5.74) is 4.08. The third kappa shape index (κ3) is 6.48. The van der Waals surface area contributed by atoms with Gasteiger partial charge in [-0.25, -0.2) is 12.8 Å².